The molecule has 1 aromatic heterocycles. The summed E-state index contributed by atoms with van der Waals surface area (Å²) in [6.45, 7) is 0. The zero-order valence-corrected chi connectivity index (χ0v) is 13.5. The number of thiazole rings is 1. The second-order valence-corrected chi connectivity index (χ2v) is 6.80. The van der Waals surface area contributed by atoms with Gasteiger partial charge in [-0.2, -0.15) is 5.10 Å². The van der Waals surface area contributed by atoms with E-state index in [4.69, 9.17) is 12.2 Å². The fraction of sp³-hybridized carbons (Fsp3) is 0. The minimum absolute atomic E-state index is 0.0747. The Hall–Kier alpha value is -2.57. The highest BCUT2D eigenvalue weighted by Crippen LogP contribution is 2.27. The van der Waals surface area contributed by atoms with Gasteiger partial charge in [0, 0.05) is 11.1 Å². The second kappa shape index (κ2) is 5.57. The lowest BCUT2D eigenvalue weighted by Gasteiger charge is -2.04. The van der Waals surface area contributed by atoms with E-state index in [2.05, 4.69) is 39.5 Å². The minimum Gasteiger partial charge on any atom is -0.494 e. The number of aromatic amines is 1. The van der Waals surface area contributed by atoms with Gasteiger partial charge in [-0.15, -0.1) is 16.4 Å². The Bertz CT molecular complexity index is 1060. The lowest BCUT2D eigenvalue weighted by Crippen LogP contribution is -2.02. The molecule has 0 saturated carbocycles. The molecule has 0 atom stereocenters. The average molecular weight is 337 g/mol. The van der Waals surface area contributed by atoms with Gasteiger partial charge < -0.3 is 10.1 Å². The molecule has 4 rings (SSSR count). The van der Waals surface area contributed by atoms with E-state index in [0.717, 1.165) is 22.2 Å². The van der Waals surface area contributed by atoms with Crippen LogP contribution >= 0.6 is 23.6 Å². The maximum absolute atomic E-state index is 9.85. The van der Waals surface area contributed by atoms with Gasteiger partial charge in [-0.3, -0.25) is 0 Å². The van der Waals surface area contributed by atoms with Crippen LogP contribution in [0.2, 0.25) is 0 Å². The molecular weight excluding hydrogens is 326 g/mol. The summed E-state index contributed by atoms with van der Waals surface area (Å²) in [7, 11) is 0. The molecule has 0 aliphatic carbocycles. The number of rotatable bonds is 2. The number of nitrogens with zero attached hydrogens (tertiary/aromatic N) is 2. The van der Waals surface area contributed by atoms with E-state index in [0.29, 0.717) is 8.83 Å². The van der Waals surface area contributed by atoms with E-state index in [9.17, 15) is 5.11 Å². The number of hydrogen-bond acceptors (Lipinski definition) is 5. The molecule has 23 heavy (non-hydrogen) atoms. The van der Waals surface area contributed by atoms with Gasteiger partial charge in [-0.25, -0.2) is 0 Å². The van der Waals surface area contributed by atoms with Crippen LogP contribution in [0, 0.1) is 3.95 Å². The lowest BCUT2D eigenvalue weighted by atomic mass is 9.99. The standard InChI is InChI=1S/C17H11N3OS2/c21-16-14(23-17(22)19-16)8-13-9-18-20-15(13)12-6-5-10-3-1-2-4-11(10)7-12/h1-9,21H,(H,19,22). The van der Waals surface area contributed by atoms with E-state index in [1.807, 2.05) is 24.3 Å². The summed E-state index contributed by atoms with van der Waals surface area (Å²) in [5.74, 6) is 0.0747. The van der Waals surface area contributed by atoms with Gasteiger partial charge >= 0.3 is 0 Å². The van der Waals surface area contributed by atoms with Gasteiger partial charge in [0.25, 0.3) is 0 Å². The number of benzene rings is 2. The third-order valence-electron chi connectivity index (χ3n) is 3.59. The van der Waals surface area contributed by atoms with Crippen LogP contribution in [0.5, 0.6) is 5.88 Å². The van der Waals surface area contributed by atoms with E-state index < -0.39 is 0 Å². The zero-order chi connectivity index (χ0) is 15.8. The summed E-state index contributed by atoms with van der Waals surface area (Å²) in [6.07, 6.45) is 3.53. The Morgan fingerprint density at radius 1 is 1.13 bits per heavy atom. The summed E-state index contributed by atoms with van der Waals surface area (Å²) in [6, 6.07) is 14.4. The van der Waals surface area contributed by atoms with Crippen LogP contribution in [0.25, 0.3) is 16.8 Å². The third kappa shape index (κ3) is 2.62. The van der Waals surface area contributed by atoms with Crippen molar-refractivity contribution in [2.45, 2.75) is 0 Å². The molecule has 0 unspecified atom stereocenters. The maximum Gasteiger partial charge on any atom is 0.207 e. The van der Waals surface area contributed by atoms with Crippen LogP contribution in [-0.4, -0.2) is 22.0 Å². The summed E-state index contributed by atoms with van der Waals surface area (Å²) < 4.78 is 0.536. The zero-order valence-electron chi connectivity index (χ0n) is 11.9. The van der Waals surface area contributed by atoms with Crippen LogP contribution in [0.3, 0.4) is 0 Å². The lowest BCUT2D eigenvalue weighted by molar-refractivity contribution is 0.456. The van der Waals surface area contributed by atoms with Crippen LogP contribution in [0.1, 0.15) is 10.4 Å². The molecule has 0 saturated heterocycles. The Kier molecular flexibility index (Phi) is 3.40. The first-order chi connectivity index (χ1) is 11.2. The number of aromatic nitrogens is 1. The molecule has 1 aliphatic heterocycles. The molecular formula is C17H11N3OS2. The maximum atomic E-state index is 9.85. The van der Waals surface area contributed by atoms with Gasteiger partial charge in [0.1, 0.15) is 5.71 Å². The van der Waals surface area contributed by atoms with Gasteiger partial charge in [-0.05, 0) is 35.1 Å². The quantitative estimate of drug-likeness (QED) is 0.675. The van der Waals surface area contributed by atoms with Crippen molar-refractivity contribution in [3.8, 4) is 5.88 Å². The van der Waals surface area contributed by atoms with Crippen molar-refractivity contribution in [2.24, 2.45) is 10.2 Å². The molecule has 0 spiro atoms. The smallest absolute Gasteiger partial charge is 0.207 e. The molecule has 2 aromatic carbocycles. The highest BCUT2D eigenvalue weighted by Gasteiger charge is 2.15. The molecule has 0 radical (unpaired) electrons. The third-order valence-corrected chi connectivity index (χ3v) is 4.76. The molecule has 0 fully saturated rings. The van der Waals surface area contributed by atoms with Crippen LogP contribution in [-0.2, 0) is 0 Å². The Morgan fingerprint density at radius 2 is 1.96 bits per heavy atom. The molecule has 3 aromatic rings. The van der Waals surface area contributed by atoms with Crippen LogP contribution in [0.4, 0.5) is 0 Å². The predicted molar refractivity (Wildman–Crippen MR) is 98.1 cm³/mol. The van der Waals surface area contributed by atoms with Crippen LogP contribution < -0.4 is 0 Å². The highest BCUT2D eigenvalue weighted by atomic mass is 32.1. The van der Waals surface area contributed by atoms with E-state index in [1.54, 1.807) is 6.21 Å². The molecule has 6 heteroatoms. The number of hydrogen-bond donors (Lipinski definition) is 2. The molecule has 1 aliphatic rings. The number of allylic oxidation sites excluding steroid dienone is 1. The van der Waals surface area contributed by atoms with E-state index in [1.165, 1.54) is 16.7 Å². The van der Waals surface area contributed by atoms with Crippen molar-refractivity contribution in [3.05, 3.63) is 62.4 Å². The molecule has 2 heterocycles. The minimum atomic E-state index is 0.0747. The largest absolute Gasteiger partial charge is 0.494 e. The summed E-state index contributed by atoms with van der Waals surface area (Å²) in [5, 5.41) is 20.4. The number of fused-ring (bicyclic) bond motifs is 1. The highest BCUT2D eigenvalue weighted by molar-refractivity contribution is 7.73. The summed E-state index contributed by atoms with van der Waals surface area (Å²) in [5.41, 5.74) is 2.63. The van der Waals surface area contributed by atoms with Crippen molar-refractivity contribution < 1.29 is 5.11 Å². The van der Waals surface area contributed by atoms with Crippen molar-refractivity contribution in [1.29, 1.82) is 0 Å². The van der Waals surface area contributed by atoms with Gasteiger partial charge in [-0.1, -0.05) is 36.4 Å². The SMILES string of the molecule is Oc1[nH]c(=S)sc1C=C1C=NN=C1c1ccc2ccccc2c1. The van der Waals surface area contributed by atoms with Crippen molar-refractivity contribution in [2.75, 3.05) is 0 Å². The molecule has 0 amide bonds. The summed E-state index contributed by atoms with van der Waals surface area (Å²) >= 11 is 6.36. The average Bonchev–Trinajstić information content (AvgIpc) is 3.14. The van der Waals surface area contributed by atoms with Gasteiger partial charge in [0.15, 0.2) is 3.95 Å². The summed E-state index contributed by atoms with van der Waals surface area (Å²) in [4.78, 5) is 3.39. The monoisotopic (exact) mass is 337 g/mol. The molecule has 4 nitrogen and oxygen atoms in total. The van der Waals surface area contributed by atoms with Gasteiger partial charge in [0.2, 0.25) is 5.88 Å². The number of nitrogens with one attached hydrogen (secondary N) is 1. The topological polar surface area (TPSA) is 60.7 Å². The van der Waals surface area contributed by atoms with Crippen molar-refractivity contribution in [1.82, 2.24) is 4.98 Å². The first kappa shape index (κ1) is 14.0. The fourth-order valence-electron chi connectivity index (χ4n) is 2.51. The normalized spacial score (nSPS) is 15.5. The van der Waals surface area contributed by atoms with Crippen molar-refractivity contribution in [3.63, 3.8) is 0 Å². The first-order valence-electron chi connectivity index (χ1n) is 6.95. The Labute approximate surface area is 141 Å². The molecule has 0 bridgehead atoms. The number of H-pyrrole nitrogens is 1. The van der Waals surface area contributed by atoms with E-state index >= 15 is 0 Å². The van der Waals surface area contributed by atoms with E-state index in [-0.39, 0.29) is 5.88 Å². The predicted octanol–water partition coefficient (Wildman–Crippen LogP) is 4.54. The Morgan fingerprint density at radius 3 is 2.74 bits per heavy atom. The second-order valence-electron chi connectivity index (χ2n) is 5.08. The molecule has 112 valence electrons. The Balaban J connectivity index is 1.78. The fourth-order valence-corrected chi connectivity index (χ4v) is 3.55. The van der Waals surface area contributed by atoms with Gasteiger partial charge in [0.05, 0.1) is 11.1 Å². The van der Waals surface area contributed by atoms with Crippen molar-refractivity contribution >= 4 is 52.3 Å². The molecule has 2 N–H and O–H groups in total. The first-order valence-corrected chi connectivity index (χ1v) is 8.17. The number of aromatic hydroxyl groups is 1. The van der Waals surface area contributed by atoms with Crippen LogP contribution in [0.15, 0.2) is 58.2 Å².